The quantitative estimate of drug-likeness (QED) is 0.139. The largest absolute Gasteiger partial charge is 0.463 e. The fraction of sp³-hybridized carbons (Fsp3) is 0.639. The van der Waals surface area contributed by atoms with Crippen molar-refractivity contribution in [2.45, 2.75) is 128 Å². The molecule has 6 atom stereocenters. The first kappa shape index (κ1) is 33.6. The summed E-state index contributed by atoms with van der Waals surface area (Å²) in [5.74, 6) is 0.525. The van der Waals surface area contributed by atoms with Gasteiger partial charge in [-0.1, -0.05) is 139 Å². The molecule has 2 fully saturated rings. The molecule has 0 aliphatic carbocycles. The van der Waals surface area contributed by atoms with E-state index < -0.39 is 37.0 Å². The fourth-order valence-corrected chi connectivity index (χ4v) is 5.81. The van der Waals surface area contributed by atoms with Crippen molar-refractivity contribution in [3.8, 4) is 0 Å². The van der Waals surface area contributed by atoms with Gasteiger partial charge in [-0.25, -0.2) is 0 Å². The number of ether oxygens (including phenoxy) is 5. The average molecular weight is 597 g/mol. The van der Waals surface area contributed by atoms with Crippen molar-refractivity contribution in [1.29, 1.82) is 0 Å². The van der Waals surface area contributed by atoms with Crippen molar-refractivity contribution in [3.63, 3.8) is 0 Å². The smallest absolute Gasteiger partial charge is 0.305 e. The minimum Gasteiger partial charge on any atom is -0.463 e. The number of unbranched alkanes of at least 4 members (excludes halogenated alkanes) is 9. The maximum atomic E-state index is 12.5. The summed E-state index contributed by atoms with van der Waals surface area (Å²) in [6.07, 6.45) is 9.72. The molecule has 2 saturated heterocycles. The molecule has 2 heterocycles. The second kappa shape index (κ2) is 18.5. The SMILES string of the molecule is CC(C)CCCCCCCCCCCCC(=O)OCC(O)C1OC(c2ccccc2)OC2COC(c3ccccc3)OC21. The van der Waals surface area contributed by atoms with E-state index in [1.807, 2.05) is 60.7 Å². The summed E-state index contributed by atoms with van der Waals surface area (Å²) in [7, 11) is 0. The molecule has 0 spiro atoms. The molecule has 0 aromatic heterocycles. The maximum Gasteiger partial charge on any atom is 0.305 e. The van der Waals surface area contributed by atoms with Crippen LogP contribution in [0.4, 0.5) is 0 Å². The van der Waals surface area contributed by atoms with Crippen LogP contribution in [0.2, 0.25) is 0 Å². The molecule has 2 aliphatic rings. The van der Waals surface area contributed by atoms with Crippen LogP contribution in [-0.2, 0) is 28.5 Å². The van der Waals surface area contributed by atoms with Crippen molar-refractivity contribution in [1.82, 2.24) is 0 Å². The van der Waals surface area contributed by atoms with Gasteiger partial charge in [-0.05, 0) is 12.3 Å². The van der Waals surface area contributed by atoms with Gasteiger partial charge in [0.05, 0.1) is 6.61 Å². The van der Waals surface area contributed by atoms with Crippen molar-refractivity contribution in [2.75, 3.05) is 13.2 Å². The van der Waals surface area contributed by atoms with E-state index in [0.29, 0.717) is 6.42 Å². The van der Waals surface area contributed by atoms with Crippen LogP contribution in [0.5, 0.6) is 0 Å². The lowest BCUT2D eigenvalue weighted by molar-refractivity contribution is -0.373. The summed E-state index contributed by atoms with van der Waals surface area (Å²) >= 11 is 0. The topological polar surface area (TPSA) is 83.5 Å². The molecule has 0 bridgehead atoms. The zero-order valence-electron chi connectivity index (χ0n) is 26.1. The molecule has 2 aliphatic heterocycles. The van der Waals surface area contributed by atoms with Gasteiger partial charge in [-0.15, -0.1) is 0 Å². The lowest BCUT2D eigenvalue weighted by atomic mass is 9.99. The van der Waals surface area contributed by atoms with Gasteiger partial charge in [0, 0.05) is 17.5 Å². The van der Waals surface area contributed by atoms with Crippen LogP contribution < -0.4 is 0 Å². The number of aliphatic hydroxyl groups excluding tert-OH is 1. The zero-order valence-corrected chi connectivity index (χ0v) is 26.1. The van der Waals surface area contributed by atoms with Crippen molar-refractivity contribution in [2.24, 2.45) is 5.92 Å². The number of fused-ring (bicyclic) bond motifs is 1. The third-order valence-electron chi connectivity index (χ3n) is 8.31. The Hall–Kier alpha value is -2.29. The number of benzene rings is 2. The second-order valence-corrected chi connectivity index (χ2v) is 12.4. The number of aliphatic hydroxyl groups is 1. The van der Waals surface area contributed by atoms with Gasteiger partial charge in [0.1, 0.15) is 31.0 Å². The molecule has 4 rings (SSSR count). The van der Waals surface area contributed by atoms with Gasteiger partial charge < -0.3 is 28.8 Å². The van der Waals surface area contributed by atoms with E-state index in [2.05, 4.69) is 13.8 Å². The molecular formula is C36H52O7. The van der Waals surface area contributed by atoms with E-state index >= 15 is 0 Å². The Kier molecular flexibility index (Phi) is 14.5. The van der Waals surface area contributed by atoms with Crippen molar-refractivity contribution in [3.05, 3.63) is 71.8 Å². The first-order valence-electron chi connectivity index (χ1n) is 16.5. The minimum atomic E-state index is -1.08. The van der Waals surface area contributed by atoms with Gasteiger partial charge in [-0.2, -0.15) is 0 Å². The third-order valence-corrected chi connectivity index (χ3v) is 8.31. The van der Waals surface area contributed by atoms with E-state index in [-0.39, 0.29) is 19.2 Å². The number of carbonyl (C=O) groups is 1. The normalized spacial score (nSPS) is 24.4. The van der Waals surface area contributed by atoms with Crippen LogP contribution in [-0.4, -0.2) is 48.7 Å². The first-order valence-corrected chi connectivity index (χ1v) is 16.5. The molecular weight excluding hydrogens is 544 g/mol. The van der Waals surface area contributed by atoms with Crippen LogP contribution in [0.15, 0.2) is 60.7 Å². The summed E-state index contributed by atoms with van der Waals surface area (Å²) in [5, 5.41) is 11.2. The summed E-state index contributed by atoms with van der Waals surface area (Å²) < 4.78 is 30.2. The van der Waals surface area contributed by atoms with Crippen molar-refractivity contribution < 1.29 is 33.6 Å². The van der Waals surface area contributed by atoms with Gasteiger partial charge in [0.15, 0.2) is 12.6 Å². The summed E-state index contributed by atoms with van der Waals surface area (Å²) in [6.45, 7) is 4.72. The highest BCUT2D eigenvalue weighted by atomic mass is 16.8. The molecule has 7 heteroatoms. The Balaban J connectivity index is 1.18. The maximum absolute atomic E-state index is 12.5. The molecule has 0 saturated carbocycles. The molecule has 0 amide bonds. The summed E-state index contributed by atoms with van der Waals surface area (Å²) in [4.78, 5) is 12.5. The first-order chi connectivity index (χ1) is 21.0. The number of esters is 1. The molecule has 0 radical (unpaired) electrons. The molecule has 2 aromatic rings. The van der Waals surface area contributed by atoms with E-state index in [1.165, 1.54) is 51.4 Å². The van der Waals surface area contributed by atoms with E-state index in [1.54, 1.807) is 0 Å². The highest BCUT2D eigenvalue weighted by Gasteiger charge is 2.48. The highest BCUT2D eigenvalue weighted by Crippen LogP contribution is 2.39. The third kappa shape index (κ3) is 11.3. The van der Waals surface area contributed by atoms with Gasteiger partial charge >= 0.3 is 5.97 Å². The van der Waals surface area contributed by atoms with Gasteiger partial charge in [0.2, 0.25) is 0 Å². The van der Waals surface area contributed by atoms with E-state index in [9.17, 15) is 9.90 Å². The van der Waals surface area contributed by atoms with E-state index in [0.717, 1.165) is 36.3 Å². The molecule has 43 heavy (non-hydrogen) atoms. The fourth-order valence-electron chi connectivity index (χ4n) is 5.81. The Morgan fingerprint density at radius 3 is 1.93 bits per heavy atom. The number of carbonyl (C=O) groups excluding carboxylic acids is 1. The van der Waals surface area contributed by atoms with Crippen LogP contribution >= 0.6 is 0 Å². The lowest BCUT2D eigenvalue weighted by Crippen LogP contribution is -2.58. The second-order valence-electron chi connectivity index (χ2n) is 12.4. The molecule has 1 N–H and O–H groups in total. The predicted molar refractivity (Wildman–Crippen MR) is 166 cm³/mol. The summed E-state index contributed by atoms with van der Waals surface area (Å²) in [5.41, 5.74) is 1.71. The Bertz CT molecular complexity index is 1030. The highest BCUT2D eigenvalue weighted by molar-refractivity contribution is 5.69. The van der Waals surface area contributed by atoms with Crippen LogP contribution in [0.3, 0.4) is 0 Å². The van der Waals surface area contributed by atoms with Gasteiger partial charge in [0.25, 0.3) is 0 Å². The Labute approximate surface area is 258 Å². The monoisotopic (exact) mass is 596 g/mol. The van der Waals surface area contributed by atoms with Crippen LogP contribution in [0.25, 0.3) is 0 Å². The predicted octanol–water partition coefficient (Wildman–Crippen LogP) is 7.82. The van der Waals surface area contributed by atoms with Crippen LogP contribution in [0, 0.1) is 5.92 Å². The molecule has 238 valence electrons. The average Bonchev–Trinajstić information content (AvgIpc) is 3.04. The number of rotatable bonds is 18. The number of hydrogen-bond donors (Lipinski definition) is 1. The number of hydrogen-bond acceptors (Lipinski definition) is 7. The molecule has 2 aromatic carbocycles. The standard InChI is InChI=1S/C36H52O7/c1-27(2)19-13-9-7-5-3-4-6-8-10-18-24-32(38)39-25-30(37)33-34-31(41-36(42-33)29-22-16-12-17-23-29)26-40-35(43-34)28-20-14-11-15-21-28/h11-12,14-17,20-23,27,30-31,33-37H,3-10,13,18-19,24-26H2,1-2H3. The van der Waals surface area contributed by atoms with E-state index in [4.69, 9.17) is 23.7 Å². The molecule has 6 unspecified atom stereocenters. The summed E-state index contributed by atoms with van der Waals surface area (Å²) in [6, 6.07) is 19.2. The Morgan fingerprint density at radius 1 is 0.767 bits per heavy atom. The zero-order chi connectivity index (χ0) is 30.3. The molecule has 7 nitrogen and oxygen atoms in total. The van der Waals surface area contributed by atoms with Gasteiger partial charge in [-0.3, -0.25) is 4.79 Å². The van der Waals surface area contributed by atoms with Crippen molar-refractivity contribution >= 4 is 5.97 Å². The Morgan fingerprint density at radius 2 is 1.33 bits per heavy atom. The lowest BCUT2D eigenvalue weighted by Gasteiger charge is -2.47. The van der Waals surface area contributed by atoms with Crippen LogP contribution in [0.1, 0.15) is 115 Å². The minimum absolute atomic E-state index is 0.161.